The van der Waals surface area contributed by atoms with E-state index in [1.54, 1.807) is 29.9 Å². The molecule has 6 heteroatoms. The first-order valence-corrected chi connectivity index (χ1v) is 7.13. The summed E-state index contributed by atoms with van der Waals surface area (Å²) >= 11 is 5.81. The molecule has 0 atom stereocenters. The topological polar surface area (TPSA) is 56.1 Å². The van der Waals surface area contributed by atoms with E-state index in [9.17, 15) is 4.79 Å². The predicted octanol–water partition coefficient (Wildman–Crippen LogP) is 2.33. The summed E-state index contributed by atoms with van der Waals surface area (Å²) in [5, 5.41) is 7.79. The van der Waals surface area contributed by atoms with Crippen molar-refractivity contribution in [1.29, 1.82) is 0 Å². The highest BCUT2D eigenvalue weighted by Crippen LogP contribution is 2.12. The summed E-state index contributed by atoms with van der Waals surface area (Å²) in [4.78, 5) is 11.9. The van der Waals surface area contributed by atoms with Crippen molar-refractivity contribution in [2.24, 2.45) is 7.05 Å². The molecule has 1 amide bonds. The Kier molecular flexibility index (Phi) is 5.22. The van der Waals surface area contributed by atoms with Gasteiger partial charge in [-0.15, -0.1) is 0 Å². The Morgan fingerprint density at radius 2 is 2.10 bits per heavy atom. The minimum Gasteiger partial charge on any atom is -0.478 e. The number of amides is 1. The summed E-state index contributed by atoms with van der Waals surface area (Å²) in [7, 11) is 1.79. The molecule has 2 rings (SSSR count). The molecule has 0 aliphatic carbocycles. The summed E-state index contributed by atoms with van der Waals surface area (Å²) in [5.41, 5.74) is 1.69. The number of aromatic nitrogens is 2. The van der Waals surface area contributed by atoms with Crippen molar-refractivity contribution in [2.45, 2.75) is 19.9 Å². The van der Waals surface area contributed by atoms with Crippen LogP contribution in [0.5, 0.6) is 5.88 Å². The second-order valence-corrected chi connectivity index (χ2v) is 5.05. The van der Waals surface area contributed by atoms with Gasteiger partial charge in [0.15, 0.2) is 0 Å². The van der Waals surface area contributed by atoms with E-state index in [0.717, 1.165) is 5.56 Å². The molecule has 1 heterocycles. The van der Waals surface area contributed by atoms with E-state index in [4.69, 9.17) is 16.3 Å². The van der Waals surface area contributed by atoms with Gasteiger partial charge in [0.25, 0.3) is 0 Å². The lowest BCUT2D eigenvalue weighted by Crippen LogP contribution is -2.24. The van der Waals surface area contributed by atoms with Crippen LogP contribution < -0.4 is 10.1 Å². The summed E-state index contributed by atoms with van der Waals surface area (Å²) in [5.74, 6) is 0.587. The van der Waals surface area contributed by atoms with E-state index in [-0.39, 0.29) is 12.3 Å². The first-order chi connectivity index (χ1) is 10.1. The van der Waals surface area contributed by atoms with Crippen molar-refractivity contribution in [1.82, 2.24) is 15.1 Å². The highest BCUT2D eigenvalue weighted by molar-refractivity contribution is 6.30. The molecule has 0 aliphatic rings. The fraction of sp³-hybridized carbons (Fsp3) is 0.333. The molecule has 21 heavy (non-hydrogen) atoms. The smallest absolute Gasteiger partial charge is 0.226 e. The number of halogens is 1. The number of hydrogen-bond donors (Lipinski definition) is 1. The van der Waals surface area contributed by atoms with Crippen molar-refractivity contribution in [3.63, 3.8) is 0 Å². The molecule has 1 N–H and O–H groups in total. The average molecular weight is 308 g/mol. The van der Waals surface area contributed by atoms with Crippen LogP contribution in [0.4, 0.5) is 0 Å². The van der Waals surface area contributed by atoms with E-state index in [0.29, 0.717) is 29.7 Å². The maximum atomic E-state index is 11.9. The van der Waals surface area contributed by atoms with Crippen molar-refractivity contribution < 1.29 is 9.53 Å². The lowest BCUT2D eigenvalue weighted by atomic mass is 10.2. The molecule has 0 saturated carbocycles. The molecule has 112 valence electrons. The monoisotopic (exact) mass is 307 g/mol. The maximum Gasteiger partial charge on any atom is 0.226 e. The standard InChI is InChI=1S/C15H18ClN3O2/c1-3-21-15-9-13(18-19(15)2)8-14(20)17-10-11-4-6-12(16)7-5-11/h4-7,9H,3,8,10H2,1-2H3,(H,17,20). The molecule has 0 radical (unpaired) electrons. The van der Waals surface area contributed by atoms with E-state index >= 15 is 0 Å². The lowest BCUT2D eigenvalue weighted by molar-refractivity contribution is -0.120. The third-order valence-electron chi connectivity index (χ3n) is 2.92. The lowest BCUT2D eigenvalue weighted by Gasteiger charge is -2.04. The van der Waals surface area contributed by atoms with Gasteiger partial charge in [-0.3, -0.25) is 4.79 Å². The fourth-order valence-corrected chi connectivity index (χ4v) is 2.03. The highest BCUT2D eigenvalue weighted by atomic mass is 35.5. The number of carbonyl (C=O) groups excluding carboxylic acids is 1. The number of nitrogens with zero attached hydrogens (tertiary/aromatic N) is 2. The zero-order valence-electron chi connectivity index (χ0n) is 12.1. The van der Waals surface area contributed by atoms with Crippen LogP contribution in [0.1, 0.15) is 18.2 Å². The average Bonchev–Trinajstić information content (AvgIpc) is 2.79. The Bertz CT molecular complexity index is 608. The molecule has 0 saturated heterocycles. The molecule has 0 fully saturated rings. The van der Waals surface area contributed by atoms with E-state index in [1.165, 1.54) is 0 Å². The molecule has 0 aliphatic heterocycles. The third kappa shape index (κ3) is 4.49. The van der Waals surface area contributed by atoms with Gasteiger partial charge in [-0.1, -0.05) is 23.7 Å². The summed E-state index contributed by atoms with van der Waals surface area (Å²) in [6.07, 6.45) is 0.231. The Morgan fingerprint density at radius 1 is 1.38 bits per heavy atom. The minimum atomic E-state index is -0.0777. The molecular formula is C15H18ClN3O2. The Hall–Kier alpha value is -2.01. The summed E-state index contributed by atoms with van der Waals surface area (Å²) < 4.78 is 7.03. The Morgan fingerprint density at radius 3 is 2.76 bits per heavy atom. The SMILES string of the molecule is CCOc1cc(CC(=O)NCc2ccc(Cl)cc2)nn1C. The third-order valence-corrected chi connectivity index (χ3v) is 3.18. The van der Waals surface area contributed by atoms with Crippen LogP contribution in [0.3, 0.4) is 0 Å². The number of carbonyl (C=O) groups is 1. The number of aryl methyl sites for hydroxylation is 1. The van der Waals surface area contributed by atoms with Crippen LogP contribution in [-0.4, -0.2) is 22.3 Å². The van der Waals surface area contributed by atoms with E-state index in [1.807, 2.05) is 19.1 Å². The maximum absolute atomic E-state index is 11.9. The van der Waals surface area contributed by atoms with Crippen LogP contribution in [0.25, 0.3) is 0 Å². The van der Waals surface area contributed by atoms with Gasteiger partial charge in [-0.2, -0.15) is 5.10 Å². The molecule has 2 aromatic rings. The normalized spacial score (nSPS) is 10.4. The second-order valence-electron chi connectivity index (χ2n) is 4.61. The van der Waals surface area contributed by atoms with Gasteiger partial charge in [0, 0.05) is 24.7 Å². The summed E-state index contributed by atoms with van der Waals surface area (Å²) in [6, 6.07) is 9.16. The Balaban J connectivity index is 1.86. The minimum absolute atomic E-state index is 0.0777. The van der Waals surface area contributed by atoms with Gasteiger partial charge in [0.2, 0.25) is 11.8 Å². The molecule has 0 bridgehead atoms. The highest BCUT2D eigenvalue weighted by Gasteiger charge is 2.10. The Labute approximate surface area is 128 Å². The molecule has 1 aromatic carbocycles. The van der Waals surface area contributed by atoms with Crippen molar-refractivity contribution >= 4 is 17.5 Å². The number of rotatable bonds is 6. The largest absolute Gasteiger partial charge is 0.478 e. The quantitative estimate of drug-likeness (QED) is 0.891. The number of benzene rings is 1. The van der Waals surface area contributed by atoms with Gasteiger partial charge < -0.3 is 10.1 Å². The van der Waals surface area contributed by atoms with Crippen LogP contribution in [0.2, 0.25) is 5.02 Å². The van der Waals surface area contributed by atoms with Crippen LogP contribution >= 0.6 is 11.6 Å². The zero-order chi connectivity index (χ0) is 15.2. The molecule has 1 aromatic heterocycles. The van der Waals surface area contributed by atoms with Crippen LogP contribution in [0, 0.1) is 0 Å². The number of ether oxygens (including phenoxy) is 1. The van der Waals surface area contributed by atoms with Gasteiger partial charge in [-0.25, -0.2) is 4.68 Å². The number of hydrogen-bond acceptors (Lipinski definition) is 3. The van der Waals surface area contributed by atoms with Gasteiger partial charge in [0.05, 0.1) is 18.7 Å². The van der Waals surface area contributed by atoms with Crippen molar-refractivity contribution in [2.75, 3.05) is 6.61 Å². The zero-order valence-corrected chi connectivity index (χ0v) is 12.9. The molecule has 0 unspecified atom stereocenters. The van der Waals surface area contributed by atoms with Crippen molar-refractivity contribution in [3.05, 3.63) is 46.6 Å². The number of nitrogens with one attached hydrogen (secondary N) is 1. The first kappa shape index (κ1) is 15.4. The second kappa shape index (κ2) is 7.13. The molecule has 5 nitrogen and oxygen atoms in total. The van der Waals surface area contributed by atoms with Crippen LogP contribution in [0.15, 0.2) is 30.3 Å². The summed E-state index contributed by atoms with van der Waals surface area (Å²) in [6.45, 7) is 2.95. The van der Waals surface area contributed by atoms with Gasteiger partial charge in [-0.05, 0) is 24.6 Å². The fourth-order valence-electron chi connectivity index (χ4n) is 1.91. The van der Waals surface area contributed by atoms with E-state index in [2.05, 4.69) is 10.4 Å². The molecular weight excluding hydrogens is 290 g/mol. The predicted molar refractivity (Wildman–Crippen MR) is 81.4 cm³/mol. The van der Waals surface area contributed by atoms with Crippen LogP contribution in [-0.2, 0) is 24.8 Å². The first-order valence-electron chi connectivity index (χ1n) is 6.75. The van der Waals surface area contributed by atoms with Gasteiger partial charge in [0.1, 0.15) is 0 Å². The molecule has 0 spiro atoms. The van der Waals surface area contributed by atoms with Gasteiger partial charge >= 0.3 is 0 Å². The van der Waals surface area contributed by atoms with Crippen molar-refractivity contribution in [3.8, 4) is 5.88 Å². The van der Waals surface area contributed by atoms with E-state index < -0.39 is 0 Å².